The SMILES string of the molecule is CC(C)NC(=O)Nc1cccc(-c2noc([C@@H]3CC(=O)N(c4ccccc4)C3)n2)c1. The summed E-state index contributed by atoms with van der Waals surface area (Å²) in [5, 5.41) is 9.64. The van der Waals surface area contributed by atoms with E-state index >= 15 is 0 Å². The van der Waals surface area contributed by atoms with Crippen molar-refractivity contribution < 1.29 is 14.1 Å². The second-order valence-corrected chi connectivity index (χ2v) is 7.53. The minimum atomic E-state index is -0.276. The molecule has 2 aromatic carbocycles. The summed E-state index contributed by atoms with van der Waals surface area (Å²) < 4.78 is 5.47. The topological polar surface area (TPSA) is 100 Å². The van der Waals surface area contributed by atoms with Gasteiger partial charge in [0.1, 0.15) is 0 Å². The van der Waals surface area contributed by atoms with E-state index in [9.17, 15) is 9.59 Å². The molecule has 2 heterocycles. The molecule has 1 aliphatic heterocycles. The Balaban J connectivity index is 1.48. The molecule has 8 nitrogen and oxygen atoms in total. The van der Waals surface area contributed by atoms with Gasteiger partial charge < -0.3 is 20.1 Å². The Hall–Kier alpha value is -3.68. The second kappa shape index (κ2) is 8.36. The molecule has 1 aliphatic rings. The molecule has 0 saturated carbocycles. The molecule has 30 heavy (non-hydrogen) atoms. The molecule has 1 aromatic heterocycles. The van der Waals surface area contributed by atoms with Crippen molar-refractivity contribution >= 4 is 23.3 Å². The first-order valence-electron chi connectivity index (χ1n) is 9.86. The lowest BCUT2D eigenvalue weighted by Crippen LogP contribution is -2.34. The minimum Gasteiger partial charge on any atom is -0.339 e. The van der Waals surface area contributed by atoms with Gasteiger partial charge in [-0.3, -0.25) is 4.79 Å². The first-order chi connectivity index (χ1) is 14.5. The van der Waals surface area contributed by atoms with Crippen molar-refractivity contribution in [3.8, 4) is 11.4 Å². The molecule has 3 amide bonds. The number of aromatic nitrogens is 2. The zero-order valence-corrected chi connectivity index (χ0v) is 16.8. The summed E-state index contributed by atoms with van der Waals surface area (Å²) in [4.78, 5) is 30.6. The highest BCUT2D eigenvalue weighted by atomic mass is 16.5. The Morgan fingerprint density at radius 1 is 1.17 bits per heavy atom. The van der Waals surface area contributed by atoms with Gasteiger partial charge in [-0.25, -0.2) is 4.79 Å². The van der Waals surface area contributed by atoms with Crippen molar-refractivity contribution in [1.29, 1.82) is 0 Å². The Kier molecular flexibility index (Phi) is 5.47. The van der Waals surface area contributed by atoms with Crippen molar-refractivity contribution in [2.75, 3.05) is 16.8 Å². The van der Waals surface area contributed by atoms with Crippen molar-refractivity contribution in [3.63, 3.8) is 0 Å². The fourth-order valence-electron chi connectivity index (χ4n) is 3.41. The Morgan fingerprint density at radius 3 is 2.73 bits per heavy atom. The second-order valence-electron chi connectivity index (χ2n) is 7.53. The average molecular weight is 405 g/mol. The molecule has 0 aliphatic carbocycles. The maximum atomic E-state index is 12.4. The molecule has 0 spiro atoms. The van der Waals surface area contributed by atoms with Gasteiger partial charge in [0.05, 0.1) is 5.92 Å². The average Bonchev–Trinajstić information content (AvgIpc) is 3.35. The van der Waals surface area contributed by atoms with Crippen LogP contribution in [0.4, 0.5) is 16.2 Å². The van der Waals surface area contributed by atoms with Gasteiger partial charge in [0.15, 0.2) is 0 Å². The Bertz CT molecular complexity index is 1050. The molecule has 1 saturated heterocycles. The molecule has 0 unspecified atom stereocenters. The third-order valence-electron chi connectivity index (χ3n) is 4.78. The van der Waals surface area contributed by atoms with Crippen LogP contribution in [0.15, 0.2) is 59.1 Å². The molecule has 4 rings (SSSR count). The van der Waals surface area contributed by atoms with Crippen LogP contribution in [0.1, 0.15) is 32.1 Å². The third-order valence-corrected chi connectivity index (χ3v) is 4.78. The monoisotopic (exact) mass is 405 g/mol. The van der Waals surface area contributed by atoms with Crippen LogP contribution in [-0.2, 0) is 4.79 Å². The van der Waals surface area contributed by atoms with Crippen LogP contribution in [0.25, 0.3) is 11.4 Å². The number of anilines is 2. The van der Waals surface area contributed by atoms with Crippen LogP contribution >= 0.6 is 0 Å². The highest BCUT2D eigenvalue weighted by Crippen LogP contribution is 2.32. The molecular weight excluding hydrogens is 382 g/mol. The van der Waals surface area contributed by atoms with Crippen LogP contribution in [0.3, 0.4) is 0 Å². The summed E-state index contributed by atoms with van der Waals surface area (Å²) in [5.74, 6) is 0.738. The lowest BCUT2D eigenvalue weighted by molar-refractivity contribution is -0.117. The number of hydrogen-bond donors (Lipinski definition) is 2. The van der Waals surface area contributed by atoms with Gasteiger partial charge in [-0.15, -0.1) is 0 Å². The Morgan fingerprint density at radius 2 is 1.97 bits per heavy atom. The number of carbonyl (C=O) groups is 2. The molecule has 0 bridgehead atoms. The van der Waals surface area contributed by atoms with Gasteiger partial charge in [-0.05, 0) is 38.1 Å². The third kappa shape index (κ3) is 4.32. The summed E-state index contributed by atoms with van der Waals surface area (Å²) in [6, 6.07) is 16.5. The van der Waals surface area contributed by atoms with E-state index < -0.39 is 0 Å². The Labute approximate surface area is 174 Å². The summed E-state index contributed by atoms with van der Waals surface area (Å²) >= 11 is 0. The molecule has 3 aromatic rings. The van der Waals surface area contributed by atoms with Crippen LogP contribution in [0, 0.1) is 0 Å². The lowest BCUT2D eigenvalue weighted by atomic mass is 10.1. The highest BCUT2D eigenvalue weighted by Gasteiger charge is 2.35. The normalized spacial score (nSPS) is 16.2. The van der Waals surface area contributed by atoms with E-state index in [0.29, 0.717) is 30.4 Å². The summed E-state index contributed by atoms with van der Waals surface area (Å²) in [6.07, 6.45) is 0.327. The predicted octanol–water partition coefficient (Wildman–Crippen LogP) is 3.79. The quantitative estimate of drug-likeness (QED) is 0.673. The standard InChI is InChI=1S/C22H23N5O3/c1-14(2)23-22(29)24-17-8-6-7-15(11-17)20-25-21(30-26-20)16-12-19(28)27(13-16)18-9-4-3-5-10-18/h3-11,14,16H,12-13H2,1-2H3,(H2,23,24,29)/t16-/m1/s1. The van der Waals surface area contributed by atoms with E-state index in [1.165, 1.54) is 0 Å². The van der Waals surface area contributed by atoms with Gasteiger partial charge in [0, 0.05) is 35.9 Å². The van der Waals surface area contributed by atoms with Crippen molar-refractivity contribution in [2.45, 2.75) is 32.2 Å². The predicted molar refractivity (Wildman–Crippen MR) is 113 cm³/mol. The summed E-state index contributed by atoms with van der Waals surface area (Å²) in [7, 11) is 0. The number of hydrogen-bond acceptors (Lipinski definition) is 5. The van der Waals surface area contributed by atoms with E-state index in [4.69, 9.17) is 4.52 Å². The smallest absolute Gasteiger partial charge is 0.319 e. The van der Waals surface area contributed by atoms with Crippen molar-refractivity contribution in [3.05, 3.63) is 60.5 Å². The largest absolute Gasteiger partial charge is 0.339 e. The van der Waals surface area contributed by atoms with E-state index in [0.717, 1.165) is 11.3 Å². The fourth-order valence-corrected chi connectivity index (χ4v) is 3.41. The molecule has 8 heteroatoms. The minimum absolute atomic E-state index is 0.0355. The van der Waals surface area contributed by atoms with Gasteiger partial charge in [-0.1, -0.05) is 35.5 Å². The van der Waals surface area contributed by atoms with E-state index in [-0.39, 0.29) is 23.9 Å². The summed E-state index contributed by atoms with van der Waals surface area (Å²) in [5.41, 5.74) is 2.21. The maximum absolute atomic E-state index is 12.4. The summed E-state index contributed by atoms with van der Waals surface area (Å²) in [6.45, 7) is 4.29. The molecule has 1 atom stereocenters. The van der Waals surface area contributed by atoms with Gasteiger partial charge >= 0.3 is 6.03 Å². The number of benzene rings is 2. The fraction of sp³-hybridized carbons (Fsp3) is 0.273. The van der Waals surface area contributed by atoms with Crippen molar-refractivity contribution in [2.24, 2.45) is 0 Å². The highest BCUT2D eigenvalue weighted by molar-refractivity contribution is 5.96. The molecule has 1 fully saturated rings. The van der Waals surface area contributed by atoms with E-state index in [2.05, 4.69) is 20.8 Å². The molecular formula is C22H23N5O3. The van der Waals surface area contributed by atoms with Crippen LogP contribution in [0.5, 0.6) is 0 Å². The first kappa shape index (κ1) is 19.6. The molecule has 2 N–H and O–H groups in total. The number of carbonyl (C=O) groups excluding carboxylic acids is 2. The molecule has 0 radical (unpaired) electrons. The van der Waals surface area contributed by atoms with Gasteiger partial charge in [0.25, 0.3) is 0 Å². The number of para-hydroxylation sites is 1. The van der Waals surface area contributed by atoms with E-state index in [1.54, 1.807) is 17.0 Å². The number of urea groups is 1. The number of nitrogens with one attached hydrogen (secondary N) is 2. The lowest BCUT2D eigenvalue weighted by Gasteiger charge is -2.15. The maximum Gasteiger partial charge on any atom is 0.319 e. The molecule has 154 valence electrons. The zero-order chi connectivity index (χ0) is 21.1. The van der Waals surface area contributed by atoms with Crippen LogP contribution in [-0.4, -0.2) is 34.7 Å². The van der Waals surface area contributed by atoms with Gasteiger partial charge in [0.2, 0.25) is 17.6 Å². The van der Waals surface area contributed by atoms with Crippen LogP contribution in [0.2, 0.25) is 0 Å². The van der Waals surface area contributed by atoms with Gasteiger partial charge in [-0.2, -0.15) is 4.98 Å². The van der Waals surface area contributed by atoms with Crippen molar-refractivity contribution in [1.82, 2.24) is 15.5 Å². The van der Waals surface area contributed by atoms with Crippen LogP contribution < -0.4 is 15.5 Å². The zero-order valence-electron chi connectivity index (χ0n) is 16.8. The number of rotatable bonds is 5. The first-order valence-corrected chi connectivity index (χ1v) is 9.86. The number of amides is 3. The number of nitrogens with zero attached hydrogens (tertiary/aromatic N) is 3. The van der Waals surface area contributed by atoms with E-state index in [1.807, 2.05) is 56.3 Å².